The van der Waals surface area contributed by atoms with Gasteiger partial charge in [-0.1, -0.05) is 12.1 Å². The van der Waals surface area contributed by atoms with Gasteiger partial charge in [0, 0.05) is 6.54 Å². The van der Waals surface area contributed by atoms with Gasteiger partial charge in [0.15, 0.2) is 5.84 Å². The fraction of sp³-hybridized carbons (Fsp3) is 0.875. The van der Waals surface area contributed by atoms with Crippen molar-refractivity contribution in [3.05, 3.63) is 0 Å². The third kappa shape index (κ3) is 7.43. The van der Waals surface area contributed by atoms with E-state index in [9.17, 15) is 8.42 Å². The predicted octanol–water partition coefficient (Wildman–Crippen LogP) is -0.960. The number of nitrogens with one attached hydrogen (secondary N) is 2. The Balaban J connectivity index is 3.73. The number of nitrogens with two attached hydrogens (primary N) is 1. The van der Waals surface area contributed by atoms with Crippen molar-refractivity contribution in [1.82, 2.24) is 10.0 Å². The van der Waals surface area contributed by atoms with E-state index in [4.69, 9.17) is 10.9 Å². The zero-order chi connectivity index (χ0) is 12.6. The first-order valence-corrected chi connectivity index (χ1v) is 6.95. The van der Waals surface area contributed by atoms with E-state index in [-0.39, 0.29) is 11.9 Å². The van der Waals surface area contributed by atoms with Crippen LogP contribution in [-0.4, -0.2) is 44.8 Å². The van der Waals surface area contributed by atoms with Crippen molar-refractivity contribution in [3.8, 4) is 0 Å². The lowest BCUT2D eigenvalue weighted by Gasteiger charge is -2.14. The van der Waals surface area contributed by atoms with Crippen molar-refractivity contribution in [3.63, 3.8) is 0 Å². The van der Waals surface area contributed by atoms with Gasteiger partial charge in [-0.15, -0.1) is 0 Å². The highest BCUT2D eigenvalue weighted by Gasteiger charge is 2.09. The third-order valence-corrected chi connectivity index (χ3v) is 2.72. The van der Waals surface area contributed by atoms with Gasteiger partial charge < -0.3 is 16.3 Å². The van der Waals surface area contributed by atoms with Crippen LogP contribution in [0.1, 0.15) is 19.8 Å². The lowest BCUT2D eigenvalue weighted by Crippen LogP contribution is -2.42. The van der Waals surface area contributed by atoms with Crippen LogP contribution in [0.15, 0.2) is 5.16 Å². The Kier molecular flexibility index (Phi) is 7.02. The molecule has 0 aromatic rings. The monoisotopic (exact) mass is 252 g/mol. The van der Waals surface area contributed by atoms with Crippen LogP contribution in [0.4, 0.5) is 0 Å². The average molecular weight is 252 g/mol. The molecule has 0 spiro atoms. The lowest BCUT2D eigenvalue weighted by molar-refractivity contribution is 0.314. The highest BCUT2D eigenvalue weighted by Crippen LogP contribution is 1.91. The lowest BCUT2D eigenvalue weighted by atomic mass is 10.2. The van der Waals surface area contributed by atoms with Crippen LogP contribution in [0, 0.1) is 0 Å². The molecule has 7 nitrogen and oxygen atoms in total. The summed E-state index contributed by atoms with van der Waals surface area (Å²) in [6.07, 6.45) is 2.46. The minimum absolute atomic E-state index is 0.138. The van der Waals surface area contributed by atoms with Crippen molar-refractivity contribution in [2.24, 2.45) is 10.9 Å². The minimum atomic E-state index is -3.12. The zero-order valence-electron chi connectivity index (χ0n) is 9.60. The van der Waals surface area contributed by atoms with Gasteiger partial charge in [-0.3, -0.25) is 0 Å². The summed E-state index contributed by atoms with van der Waals surface area (Å²) in [5.41, 5.74) is 5.44. The molecule has 5 N–H and O–H groups in total. The Morgan fingerprint density at radius 2 is 2.12 bits per heavy atom. The summed E-state index contributed by atoms with van der Waals surface area (Å²) in [4.78, 5) is 0. The van der Waals surface area contributed by atoms with Crippen molar-refractivity contribution in [2.45, 2.75) is 25.8 Å². The second-order valence-corrected chi connectivity index (χ2v) is 5.29. The molecule has 96 valence electrons. The Morgan fingerprint density at radius 3 is 2.56 bits per heavy atom. The summed E-state index contributed by atoms with van der Waals surface area (Å²) < 4.78 is 23.8. The summed E-state index contributed by atoms with van der Waals surface area (Å²) in [5.74, 6) is 0.138. The predicted molar refractivity (Wildman–Crippen MR) is 63.0 cm³/mol. The maximum Gasteiger partial charge on any atom is 0.208 e. The molecule has 0 aromatic carbocycles. The molecule has 0 saturated carbocycles. The molecule has 0 aliphatic heterocycles. The van der Waals surface area contributed by atoms with Gasteiger partial charge in [0.05, 0.1) is 12.3 Å². The standard InChI is InChI=1S/C8H20N4O3S/c1-3-7(8(9)12-13)10-5-4-6-11-16(2,14)15/h7,10-11,13H,3-6H2,1-2H3,(H2,9,12). The molecule has 0 saturated heterocycles. The Hall–Kier alpha value is -0.860. The van der Waals surface area contributed by atoms with Gasteiger partial charge in [0.1, 0.15) is 0 Å². The van der Waals surface area contributed by atoms with Crippen LogP contribution in [0.25, 0.3) is 0 Å². The van der Waals surface area contributed by atoms with Crippen LogP contribution in [-0.2, 0) is 10.0 Å². The molecule has 1 atom stereocenters. The second-order valence-electron chi connectivity index (χ2n) is 3.46. The summed E-state index contributed by atoms with van der Waals surface area (Å²) in [6.45, 7) is 2.88. The molecule has 16 heavy (non-hydrogen) atoms. The van der Waals surface area contributed by atoms with Crippen molar-refractivity contribution in [1.29, 1.82) is 0 Å². The van der Waals surface area contributed by atoms with E-state index < -0.39 is 10.0 Å². The molecule has 1 unspecified atom stereocenters. The van der Waals surface area contributed by atoms with E-state index in [1.807, 2.05) is 6.92 Å². The topological polar surface area (TPSA) is 117 Å². The number of nitrogens with zero attached hydrogens (tertiary/aromatic N) is 1. The van der Waals surface area contributed by atoms with Gasteiger partial charge in [-0.05, 0) is 19.4 Å². The van der Waals surface area contributed by atoms with E-state index >= 15 is 0 Å². The van der Waals surface area contributed by atoms with E-state index in [1.54, 1.807) is 0 Å². The number of hydrogen-bond donors (Lipinski definition) is 4. The van der Waals surface area contributed by atoms with Crippen LogP contribution in [0.5, 0.6) is 0 Å². The molecule has 0 heterocycles. The molecule has 0 aliphatic carbocycles. The maximum atomic E-state index is 10.7. The van der Waals surface area contributed by atoms with E-state index in [1.165, 1.54) is 0 Å². The maximum absolute atomic E-state index is 10.7. The molecule has 0 bridgehead atoms. The van der Waals surface area contributed by atoms with Crippen molar-refractivity contribution >= 4 is 15.9 Å². The number of oxime groups is 1. The van der Waals surface area contributed by atoms with E-state index in [2.05, 4.69) is 15.2 Å². The molecular formula is C8H20N4O3S. The highest BCUT2D eigenvalue weighted by molar-refractivity contribution is 7.88. The summed E-state index contributed by atoms with van der Waals surface area (Å²) in [7, 11) is -3.12. The fourth-order valence-corrected chi connectivity index (χ4v) is 1.67. The van der Waals surface area contributed by atoms with E-state index in [0.29, 0.717) is 25.9 Å². The largest absolute Gasteiger partial charge is 0.409 e. The zero-order valence-corrected chi connectivity index (χ0v) is 10.4. The number of sulfonamides is 1. The number of hydrogen-bond acceptors (Lipinski definition) is 5. The highest BCUT2D eigenvalue weighted by atomic mass is 32.2. The van der Waals surface area contributed by atoms with Crippen LogP contribution >= 0.6 is 0 Å². The Bertz CT molecular complexity index is 315. The second kappa shape index (κ2) is 7.42. The van der Waals surface area contributed by atoms with Crippen LogP contribution in [0.3, 0.4) is 0 Å². The molecule has 0 radical (unpaired) electrons. The first kappa shape index (κ1) is 15.1. The SMILES string of the molecule is CCC(NCCCNS(C)(=O)=O)C(N)=NO. The average Bonchev–Trinajstić information content (AvgIpc) is 2.21. The molecule has 8 heteroatoms. The first-order chi connectivity index (χ1) is 7.40. The van der Waals surface area contributed by atoms with E-state index in [0.717, 1.165) is 6.26 Å². The van der Waals surface area contributed by atoms with Gasteiger partial charge >= 0.3 is 0 Å². The van der Waals surface area contributed by atoms with Crippen molar-refractivity contribution < 1.29 is 13.6 Å². The minimum Gasteiger partial charge on any atom is -0.409 e. The Labute approximate surface area is 96.1 Å². The fourth-order valence-electron chi connectivity index (χ4n) is 1.15. The number of amidine groups is 1. The van der Waals surface area contributed by atoms with Gasteiger partial charge in [0.25, 0.3) is 0 Å². The molecular weight excluding hydrogens is 232 g/mol. The van der Waals surface area contributed by atoms with Gasteiger partial charge in [-0.25, -0.2) is 13.1 Å². The van der Waals surface area contributed by atoms with Crippen molar-refractivity contribution in [2.75, 3.05) is 19.3 Å². The smallest absolute Gasteiger partial charge is 0.208 e. The molecule has 0 aromatic heterocycles. The van der Waals surface area contributed by atoms with Gasteiger partial charge in [0.2, 0.25) is 10.0 Å². The number of rotatable bonds is 8. The molecule has 0 fully saturated rings. The third-order valence-electron chi connectivity index (χ3n) is 1.99. The molecule has 0 rings (SSSR count). The molecule has 0 aliphatic rings. The van der Waals surface area contributed by atoms with Gasteiger partial charge in [-0.2, -0.15) is 0 Å². The van der Waals surface area contributed by atoms with Crippen LogP contribution in [0.2, 0.25) is 0 Å². The Morgan fingerprint density at radius 1 is 1.50 bits per heavy atom. The quantitative estimate of drug-likeness (QED) is 0.146. The first-order valence-electron chi connectivity index (χ1n) is 5.06. The summed E-state index contributed by atoms with van der Waals surface area (Å²) in [6, 6.07) is -0.178. The van der Waals surface area contributed by atoms with Crippen LogP contribution < -0.4 is 15.8 Å². The summed E-state index contributed by atoms with van der Waals surface area (Å²) >= 11 is 0. The normalized spacial score (nSPS) is 15.0. The molecule has 0 amide bonds. The summed E-state index contributed by atoms with van der Waals surface area (Å²) in [5, 5.41) is 14.5.